The summed E-state index contributed by atoms with van der Waals surface area (Å²) in [4.78, 5) is 36.3. The standard InChI is InChI=1S/C17H24N2O7/c1-24-12-16(22)26-9-7-19(6-8-25-15(21)11-20)17(23)14-4-2-13(10-18)3-5-14/h2-5,20H,6-12,18H2,1H3. The van der Waals surface area contributed by atoms with Crippen molar-refractivity contribution in [2.75, 3.05) is 46.6 Å². The van der Waals surface area contributed by atoms with Crippen molar-refractivity contribution < 1.29 is 33.7 Å². The highest BCUT2D eigenvalue weighted by Gasteiger charge is 2.17. The van der Waals surface area contributed by atoms with Crippen LogP contribution in [0, 0.1) is 0 Å². The van der Waals surface area contributed by atoms with Gasteiger partial charge in [0, 0.05) is 19.2 Å². The van der Waals surface area contributed by atoms with Crippen LogP contribution in [0.25, 0.3) is 0 Å². The molecule has 1 aromatic carbocycles. The van der Waals surface area contributed by atoms with Crippen LogP contribution in [0.1, 0.15) is 15.9 Å². The molecule has 0 saturated carbocycles. The van der Waals surface area contributed by atoms with E-state index >= 15 is 0 Å². The molecule has 0 saturated heterocycles. The SMILES string of the molecule is COCC(=O)OCCN(CCOC(=O)CO)C(=O)c1ccc(CN)cc1. The highest BCUT2D eigenvalue weighted by Crippen LogP contribution is 2.08. The molecule has 1 rings (SSSR count). The third kappa shape index (κ3) is 7.60. The van der Waals surface area contributed by atoms with Gasteiger partial charge in [-0.3, -0.25) is 4.79 Å². The number of ether oxygens (including phenoxy) is 3. The topological polar surface area (TPSA) is 128 Å². The average Bonchev–Trinajstić information content (AvgIpc) is 2.66. The van der Waals surface area contributed by atoms with Gasteiger partial charge in [0.2, 0.25) is 0 Å². The summed E-state index contributed by atoms with van der Waals surface area (Å²) >= 11 is 0. The fraction of sp³-hybridized carbons (Fsp3) is 0.471. The molecule has 1 aromatic rings. The number of rotatable bonds is 11. The van der Waals surface area contributed by atoms with Crippen LogP contribution in [0.2, 0.25) is 0 Å². The van der Waals surface area contributed by atoms with Gasteiger partial charge in [0.25, 0.3) is 5.91 Å². The third-order valence-electron chi connectivity index (χ3n) is 3.36. The van der Waals surface area contributed by atoms with E-state index in [1.807, 2.05) is 0 Å². The minimum atomic E-state index is -0.781. The molecule has 0 aliphatic rings. The van der Waals surface area contributed by atoms with E-state index in [0.717, 1.165) is 5.56 Å². The molecule has 0 bridgehead atoms. The van der Waals surface area contributed by atoms with Crippen LogP contribution < -0.4 is 5.73 Å². The minimum absolute atomic E-state index is 0.0250. The Morgan fingerprint density at radius 2 is 1.62 bits per heavy atom. The number of hydrogen-bond acceptors (Lipinski definition) is 8. The fourth-order valence-corrected chi connectivity index (χ4v) is 2.03. The Bertz CT molecular complexity index is 589. The van der Waals surface area contributed by atoms with Crippen LogP contribution in [0.4, 0.5) is 0 Å². The number of benzene rings is 1. The van der Waals surface area contributed by atoms with Gasteiger partial charge < -0.3 is 30.0 Å². The minimum Gasteiger partial charge on any atom is -0.462 e. The molecule has 0 spiro atoms. The lowest BCUT2D eigenvalue weighted by Crippen LogP contribution is -2.37. The Balaban J connectivity index is 2.68. The van der Waals surface area contributed by atoms with Gasteiger partial charge in [0.1, 0.15) is 26.4 Å². The Labute approximate surface area is 151 Å². The lowest BCUT2D eigenvalue weighted by molar-refractivity contribution is -0.148. The molecule has 26 heavy (non-hydrogen) atoms. The van der Waals surface area contributed by atoms with E-state index in [1.54, 1.807) is 24.3 Å². The molecule has 1 amide bonds. The van der Waals surface area contributed by atoms with Gasteiger partial charge in [0.15, 0.2) is 0 Å². The molecule has 144 valence electrons. The molecular formula is C17H24N2O7. The van der Waals surface area contributed by atoms with Gasteiger partial charge in [-0.1, -0.05) is 12.1 Å². The van der Waals surface area contributed by atoms with Gasteiger partial charge in [-0.2, -0.15) is 0 Å². The Morgan fingerprint density at radius 3 is 2.12 bits per heavy atom. The van der Waals surface area contributed by atoms with Gasteiger partial charge in [-0.05, 0) is 17.7 Å². The molecule has 0 aromatic heterocycles. The van der Waals surface area contributed by atoms with Gasteiger partial charge in [-0.25, -0.2) is 9.59 Å². The van der Waals surface area contributed by atoms with Crippen molar-refractivity contribution in [2.45, 2.75) is 6.54 Å². The molecule has 0 unspecified atom stereocenters. The van der Waals surface area contributed by atoms with Crippen molar-refractivity contribution in [2.24, 2.45) is 5.73 Å². The van der Waals surface area contributed by atoms with E-state index in [-0.39, 0.29) is 38.8 Å². The zero-order valence-corrected chi connectivity index (χ0v) is 14.7. The van der Waals surface area contributed by atoms with Gasteiger partial charge >= 0.3 is 11.9 Å². The average molecular weight is 368 g/mol. The summed E-state index contributed by atoms with van der Waals surface area (Å²) in [6.45, 7) is -0.452. The van der Waals surface area contributed by atoms with E-state index in [0.29, 0.717) is 12.1 Å². The van der Waals surface area contributed by atoms with Crippen LogP contribution in [0.5, 0.6) is 0 Å². The van der Waals surface area contributed by atoms with Gasteiger partial charge in [0.05, 0.1) is 13.1 Å². The Morgan fingerprint density at radius 1 is 1.04 bits per heavy atom. The highest BCUT2D eigenvalue weighted by molar-refractivity contribution is 5.94. The van der Waals surface area contributed by atoms with E-state index in [2.05, 4.69) is 4.74 Å². The van der Waals surface area contributed by atoms with Gasteiger partial charge in [-0.15, -0.1) is 0 Å². The number of methoxy groups -OCH3 is 1. The zero-order chi connectivity index (χ0) is 19.4. The molecule has 9 nitrogen and oxygen atoms in total. The first-order chi connectivity index (χ1) is 12.5. The summed E-state index contributed by atoms with van der Waals surface area (Å²) < 4.78 is 14.4. The van der Waals surface area contributed by atoms with Crippen LogP contribution in [0.15, 0.2) is 24.3 Å². The number of aliphatic hydroxyl groups excluding tert-OH is 1. The first-order valence-corrected chi connectivity index (χ1v) is 8.01. The maximum atomic E-state index is 12.6. The highest BCUT2D eigenvalue weighted by atomic mass is 16.6. The molecule has 0 fully saturated rings. The van der Waals surface area contributed by atoms with E-state index in [1.165, 1.54) is 12.0 Å². The second-order valence-corrected chi connectivity index (χ2v) is 5.23. The van der Waals surface area contributed by atoms with Crippen molar-refractivity contribution in [3.05, 3.63) is 35.4 Å². The molecular weight excluding hydrogens is 344 g/mol. The monoisotopic (exact) mass is 368 g/mol. The van der Waals surface area contributed by atoms with Crippen molar-refractivity contribution in [1.82, 2.24) is 4.90 Å². The molecule has 9 heteroatoms. The number of hydrogen-bond donors (Lipinski definition) is 2. The molecule has 0 aliphatic carbocycles. The predicted molar refractivity (Wildman–Crippen MR) is 91.1 cm³/mol. The Hall–Kier alpha value is -2.49. The summed E-state index contributed by atoms with van der Waals surface area (Å²) in [6, 6.07) is 6.79. The summed E-state index contributed by atoms with van der Waals surface area (Å²) in [5, 5.41) is 8.65. The van der Waals surface area contributed by atoms with Crippen molar-refractivity contribution in [3.8, 4) is 0 Å². The van der Waals surface area contributed by atoms with Crippen molar-refractivity contribution in [3.63, 3.8) is 0 Å². The van der Waals surface area contributed by atoms with Crippen molar-refractivity contribution >= 4 is 17.8 Å². The maximum absolute atomic E-state index is 12.6. The molecule has 0 radical (unpaired) electrons. The smallest absolute Gasteiger partial charge is 0.332 e. The largest absolute Gasteiger partial charge is 0.462 e. The van der Waals surface area contributed by atoms with E-state index in [9.17, 15) is 14.4 Å². The zero-order valence-electron chi connectivity index (χ0n) is 14.7. The molecule has 0 heterocycles. The lowest BCUT2D eigenvalue weighted by Gasteiger charge is -2.22. The maximum Gasteiger partial charge on any atom is 0.332 e. The summed E-state index contributed by atoms with van der Waals surface area (Å²) in [7, 11) is 1.37. The number of carbonyl (C=O) groups excluding carboxylic acids is 3. The van der Waals surface area contributed by atoms with E-state index in [4.69, 9.17) is 20.3 Å². The predicted octanol–water partition coefficient (Wildman–Crippen LogP) is -0.687. The molecule has 0 atom stereocenters. The third-order valence-corrected chi connectivity index (χ3v) is 3.36. The van der Waals surface area contributed by atoms with Crippen LogP contribution >= 0.6 is 0 Å². The molecule has 3 N–H and O–H groups in total. The lowest BCUT2D eigenvalue weighted by atomic mass is 10.1. The normalized spacial score (nSPS) is 10.3. The fourth-order valence-electron chi connectivity index (χ4n) is 2.03. The number of amides is 1. The van der Waals surface area contributed by atoms with Crippen LogP contribution in [-0.4, -0.2) is 74.5 Å². The number of aliphatic hydroxyl groups is 1. The first kappa shape index (κ1) is 21.6. The second-order valence-electron chi connectivity index (χ2n) is 5.23. The summed E-state index contributed by atoms with van der Waals surface area (Å²) in [6.07, 6.45) is 0. The summed E-state index contributed by atoms with van der Waals surface area (Å²) in [5.74, 6) is -1.63. The van der Waals surface area contributed by atoms with Crippen LogP contribution in [-0.2, 0) is 30.3 Å². The first-order valence-electron chi connectivity index (χ1n) is 8.01. The number of nitrogens with two attached hydrogens (primary N) is 1. The second kappa shape index (κ2) is 12.0. The van der Waals surface area contributed by atoms with Crippen molar-refractivity contribution in [1.29, 1.82) is 0 Å². The quantitative estimate of drug-likeness (QED) is 0.491. The number of carbonyl (C=O) groups is 3. The Kier molecular flexibility index (Phi) is 9.91. The van der Waals surface area contributed by atoms with E-state index < -0.39 is 18.5 Å². The molecule has 0 aliphatic heterocycles. The summed E-state index contributed by atoms with van der Waals surface area (Å²) in [5.41, 5.74) is 6.86. The number of nitrogens with zero attached hydrogens (tertiary/aromatic N) is 1. The number of esters is 2. The van der Waals surface area contributed by atoms with Crippen LogP contribution in [0.3, 0.4) is 0 Å².